The maximum Gasteiger partial charge on any atom is 0.238 e. The molecule has 0 radical (unpaired) electrons. The lowest BCUT2D eigenvalue weighted by Crippen LogP contribution is -2.22. The zero-order valence-electron chi connectivity index (χ0n) is 16.1. The van der Waals surface area contributed by atoms with Crippen LogP contribution in [0, 0.1) is 0 Å². The van der Waals surface area contributed by atoms with E-state index in [1.54, 1.807) is 20.3 Å². The number of benzene rings is 3. The molecule has 0 aliphatic rings. The summed E-state index contributed by atoms with van der Waals surface area (Å²) in [5, 5.41) is 3.51. The molecular formula is C23H20N2O3S. The topological polar surface area (TPSA) is 60.5 Å². The quantitative estimate of drug-likeness (QED) is 0.487. The van der Waals surface area contributed by atoms with E-state index in [1.807, 2.05) is 66.7 Å². The second-order valence-corrected chi connectivity index (χ2v) is 7.47. The number of amides is 1. The third-order valence-electron chi connectivity index (χ3n) is 4.65. The second kappa shape index (κ2) is 8.32. The van der Waals surface area contributed by atoms with Crippen molar-refractivity contribution in [3.63, 3.8) is 0 Å². The number of fused-ring (bicyclic) bond motifs is 1. The Bertz CT molecular complexity index is 1090. The number of nitrogens with zero attached hydrogens (tertiary/aromatic N) is 1. The molecule has 1 N–H and O–H groups in total. The lowest BCUT2D eigenvalue weighted by atomic mass is 9.90. The zero-order valence-corrected chi connectivity index (χ0v) is 16.9. The second-order valence-electron chi connectivity index (χ2n) is 6.44. The monoisotopic (exact) mass is 404 g/mol. The summed E-state index contributed by atoms with van der Waals surface area (Å²) in [5.41, 5.74) is 2.55. The van der Waals surface area contributed by atoms with Crippen LogP contribution in [0.1, 0.15) is 17.0 Å². The van der Waals surface area contributed by atoms with Gasteiger partial charge in [0.15, 0.2) is 5.13 Å². The smallest absolute Gasteiger partial charge is 0.238 e. The molecule has 0 spiro atoms. The van der Waals surface area contributed by atoms with Crippen molar-refractivity contribution in [1.82, 2.24) is 4.98 Å². The number of carbonyl (C=O) groups excluding carboxylic acids is 1. The van der Waals surface area contributed by atoms with Crippen molar-refractivity contribution in [1.29, 1.82) is 0 Å². The van der Waals surface area contributed by atoms with E-state index in [0.717, 1.165) is 15.8 Å². The van der Waals surface area contributed by atoms with Crippen molar-refractivity contribution in [2.24, 2.45) is 0 Å². The highest BCUT2D eigenvalue weighted by Crippen LogP contribution is 2.37. The van der Waals surface area contributed by atoms with Gasteiger partial charge in [0.1, 0.15) is 17.0 Å². The highest BCUT2D eigenvalue weighted by atomic mass is 32.1. The number of rotatable bonds is 6. The summed E-state index contributed by atoms with van der Waals surface area (Å²) in [6.45, 7) is 0. The molecule has 0 aliphatic carbocycles. The first-order chi connectivity index (χ1) is 14.2. The van der Waals surface area contributed by atoms with E-state index in [1.165, 1.54) is 11.3 Å². The van der Waals surface area contributed by atoms with E-state index in [-0.39, 0.29) is 5.91 Å². The normalized spacial score (nSPS) is 10.9. The van der Waals surface area contributed by atoms with Crippen LogP contribution >= 0.6 is 11.3 Å². The highest BCUT2D eigenvalue weighted by molar-refractivity contribution is 7.22. The molecule has 0 saturated carbocycles. The average molecular weight is 404 g/mol. The number of ether oxygens (including phenoxy) is 2. The highest BCUT2D eigenvalue weighted by Gasteiger charge is 2.24. The number of thiazole rings is 1. The number of aromatic nitrogens is 1. The summed E-state index contributed by atoms with van der Waals surface area (Å²) in [6.07, 6.45) is 0. The number of carbonyl (C=O) groups is 1. The Morgan fingerprint density at radius 2 is 1.55 bits per heavy atom. The van der Waals surface area contributed by atoms with Crippen LogP contribution in [-0.4, -0.2) is 25.1 Å². The van der Waals surface area contributed by atoms with Crippen LogP contribution in [0.2, 0.25) is 0 Å². The van der Waals surface area contributed by atoms with E-state index in [4.69, 9.17) is 9.47 Å². The number of hydrogen-bond donors (Lipinski definition) is 1. The van der Waals surface area contributed by atoms with Crippen molar-refractivity contribution in [3.05, 3.63) is 83.9 Å². The maximum absolute atomic E-state index is 13.3. The maximum atomic E-state index is 13.3. The number of methoxy groups -OCH3 is 2. The molecular weight excluding hydrogens is 384 g/mol. The van der Waals surface area contributed by atoms with Gasteiger partial charge in [-0.3, -0.25) is 4.79 Å². The Morgan fingerprint density at radius 3 is 2.10 bits per heavy atom. The molecule has 1 amide bonds. The Morgan fingerprint density at radius 1 is 0.931 bits per heavy atom. The summed E-state index contributed by atoms with van der Waals surface area (Å²) < 4.78 is 11.6. The molecule has 4 rings (SSSR count). The molecule has 0 atom stereocenters. The standard InChI is InChI=1S/C23H20N2O3S/c1-27-17-13-18(28-2)21-19(14-17)29-23(24-21)25-22(26)20(15-9-5-3-6-10-15)16-11-7-4-8-12-16/h3-14,20H,1-2H3,(H,24,25,26). The minimum absolute atomic E-state index is 0.132. The SMILES string of the molecule is COc1cc(OC)c2nc(NC(=O)C(c3ccccc3)c3ccccc3)sc2c1. The fourth-order valence-electron chi connectivity index (χ4n) is 3.27. The first-order valence-corrected chi connectivity index (χ1v) is 9.94. The summed E-state index contributed by atoms with van der Waals surface area (Å²) in [7, 11) is 3.20. The molecule has 6 heteroatoms. The molecule has 1 heterocycles. The molecule has 5 nitrogen and oxygen atoms in total. The van der Waals surface area contributed by atoms with Gasteiger partial charge >= 0.3 is 0 Å². The minimum atomic E-state index is -0.430. The predicted octanol–water partition coefficient (Wildman–Crippen LogP) is 5.08. The van der Waals surface area contributed by atoms with Gasteiger partial charge in [0.25, 0.3) is 0 Å². The molecule has 146 valence electrons. The Hall–Kier alpha value is -3.38. The predicted molar refractivity (Wildman–Crippen MR) is 116 cm³/mol. The van der Waals surface area contributed by atoms with E-state index < -0.39 is 5.92 Å². The van der Waals surface area contributed by atoms with Crippen molar-refractivity contribution in [2.75, 3.05) is 19.5 Å². The van der Waals surface area contributed by atoms with Crippen molar-refractivity contribution in [2.45, 2.75) is 5.92 Å². The van der Waals surface area contributed by atoms with Gasteiger partial charge in [-0.05, 0) is 17.2 Å². The van der Waals surface area contributed by atoms with Crippen LogP contribution in [0.15, 0.2) is 72.8 Å². The van der Waals surface area contributed by atoms with E-state index >= 15 is 0 Å². The van der Waals surface area contributed by atoms with Crippen LogP contribution in [0.5, 0.6) is 11.5 Å². The molecule has 1 aromatic heterocycles. The van der Waals surface area contributed by atoms with Gasteiger partial charge in [0, 0.05) is 6.07 Å². The van der Waals surface area contributed by atoms with Gasteiger partial charge in [-0.25, -0.2) is 4.98 Å². The van der Waals surface area contributed by atoms with E-state index in [2.05, 4.69) is 10.3 Å². The molecule has 0 unspecified atom stereocenters. The largest absolute Gasteiger partial charge is 0.497 e. The Labute approximate surface area is 172 Å². The lowest BCUT2D eigenvalue weighted by molar-refractivity contribution is -0.116. The van der Waals surface area contributed by atoms with E-state index in [9.17, 15) is 4.79 Å². The summed E-state index contributed by atoms with van der Waals surface area (Å²) in [4.78, 5) is 17.8. The third kappa shape index (κ3) is 3.93. The first-order valence-electron chi connectivity index (χ1n) is 9.13. The molecule has 3 aromatic carbocycles. The summed E-state index contributed by atoms with van der Waals surface area (Å²) >= 11 is 1.39. The number of hydrogen-bond acceptors (Lipinski definition) is 5. The Balaban J connectivity index is 1.69. The van der Waals surface area contributed by atoms with Crippen LogP contribution in [0.3, 0.4) is 0 Å². The lowest BCUT2D eigenvalue weighted by Gasteiger charge is -2.16. The van der Waals surface area contributed by atoms with Crippen molar-refractivity contribution in [3.8, 4) is 11.5 Å². The minimum Gasteiger partial charge on any atom is -0.497 e. The number of anilines is 1. The average Bonchev–Trinajstić information content (AvgIpc) is 3.16. The molecule has 0 fully saturated rings. The van der Waals surface area contributed by atoms with Crippen LogP contribution < -0.4 is 14.8 Å². The van der Waals surface area contributed by atoms with Crippen molar-refractivity contribution >= 4 is 32.6 Å². The van der Waals surface area contributed by atoms with Gasteiger partial charge in [0.05, 0.1) is 24.8 Å². The molecule has 0 saturated heterocycles. The van der Waals surface area contributed by atoms with Crippen LogP contribution in [0.25, 0.3) is 10.2 Å². The number of nitrogens with one attached hydrogen (secondary N) is 1. The Kier molecular flexibility index (Phi) is 5.44. The van der Waals surface area contributed by atoms with Crippen molar-refractivity contribution < 1.29 is 14.3 Å². The van der Waals surface area contributed by atoms with Gasteiger partial charge in [-0.1, -0.05) is 72.0 Å². The van der Waals surface area contributed by atoms with Gasteiger partial charge in [0.2, 0.25) is 5.91 Å². The third-order valence-corrected chi connectivity index (χ3v) is 5.57. The summed E-state index contributed by atoms with van der Waals surface area (Å²) in [5.74, 6) is 0.731. The van der Waals surface area contributed by atoms with E-state index in [0.29, 0.717) is 22.1 Å². The summed E-state index contributed by atoms with van der Waals surface area (Å²) in [6, 6.07) is 23.1. The molecule has 4 aromatic rings. The molecule has 0 aliphatic heterocycles. The van der Waals surface area contributed by atoms with Gasteiger partial charge in [-0.15, -0.1) is 0 Å². The van der Waals surface area contributed by atoms with Gasteiger partial charge < -0.3 is 14.8 Å². The first kappa shape index (κ1) is 19.0. The molecule has 0 bridgehead atoms. The fourth-order valence-corrected chi connectivity index (χ4v) is 4.18. The zero-order chi connectivity index (χ0) is 20.2. The van der Waals surface area contributed by atoms with Gasteiger partial charge in [-0.2, -0.15) is 0 Å². The van der Waals surface area contributed by atoms with Crippen LogP contribution in [0.4, 0.5) is 5.13 Å². The molecule has 29 heavy (non-hydrogen) atoms. The van der Waals surface area contributed by atoms with Crippen LogP contribution in [-0.2, 0) is 4.79 Å². The fraction of sp³-hybridized carbons (Fsp3) is 0.130.